The molecule has 1 aromatic heterocycles. The molecule has 8 nitrogen and oxygen atoms in total. The highest BCUT2D eigenvalue weighted by Gasteiger charge is 2.36. The molecule has 2 saturated heterocycles. The maximum absolute atomic E-state index is 12.7. The Morgan fingerprint density at radius 2 is 2.06 bits per heavy atom. The first kappa shape index (κ1) is 21.1. The third kappa shape index (κ3) is 4.80. The topological polar surface area (TPSA) is 84.0 Å². The molecule has 2 aliphatic heterocycles. The molecule has 1 atom stereocenters. The zero-order chi connectivity index (χ0) is 21.8. The molecule has 0 radical (unpaired) electrons. The van der Waals surface area contributed by atoms with E-state index in [1.165, 1.54) is 0 Å². The Labute approximate surface area is 182 Å². The van der Waals surface area contributed by atoms with Crippen LogP contribution in [0.5, 0.6) is 5.75 Å². The lowest BCUT2D eigenvalue weighted by Crippen LogP contribution is -2.36. The van der Waals surface area contributed by atoms with Crippen molar-refractivity contribution >= 4 is 23.3 Å². The Morgan fingerprint density at radius 3 is 2.77 bits per heavy atom. The van der Waals surface area contributed by atoms with Crippen molar-refractivity contribution in [3.05, 3.63) is 47.7 Å². The highest BCUT2D eigenvalue weighted by molar-refractivity contribution is 6.01. The molecule has 2 aliphatic rings. The summed E-state index contributed by atoms with van der Waals surface area (Å²) in [7, 11) is 1.58. The van der Waals surface area contributed by atoms with Gasteiger partial charge in [-0.1, -0.05) is 12.1 Å². The Morgan fingerprint density at radius 1 is 1.26 bits per heavy atom. The van der Waals surface area contributed by atoms with E-state index in [9.17, 15) is 9.59 Å². The van der Waals surface area contributed by atoms with Gasteiger partial charge in [0.1, 0.15) is 11.6 Å². The number of rotatable bonds is 6. The molecule has 1 N–H and O–H groups in total. The van der Waals surface area contributed by atoms with Gasteiger partial charge >= 0.3 is 0 Å². The number of aryl methyl sites for hydroxylation is 1. The summed E-state index contributed by atoms with van der Waals surface area (Å²) in [5.74, 6) is 0.965. The zero-order valence-corrected chi connectivity index (χ0v) is 18.0. The monoisotopic (exact) mass is 424 g/mol. The van der Waals surface area contributed by atoms with Crippen molar-refractivity contribution in [2.45, 2.75) is 19.9 Å². The van der Waals surface area contributed by atoms with Gasteiger partial charge in [-0.25, -0.2) is 4.98 Å². The summed E-state index contributed by atoms with van der Waals surface area (Å²) in [5, 5.41) is 2.95. The first-order valence-electron chi connectivity index (χ1n) is 10.6. The van der Waals surface area contributed by atoms with Gasteiger partial charge in [-0.3, -0.25) is 9.59 Å². The van der Waals surface area contributed by atoms with Crippen LogP contribution < -0.4 is 19.9 Å². The smallest absolute Gasteiger partial charge is 0.227 e. The van der Waals surface area contributed by atoms with Gasteiger partial charge in [0.2, 0.25) is 11.8 Å². The number of methoxy groups -OCH3 is 1. The van der Waals surface area contributed by atoms with Crippen LogP contribution in [0.25, 0.3) is 0 Å². The first-order valence-corrected chi connectivity index (χ1v) is 10.6. The maximum Gasteiger partial charge on any atom is 0.227 e. The van der Waals surface area contributed by atoms with E-state index in [0.29, 0.717) is 37.7 Å². The van der Waals surface area contributed by atoms with Crippen molar-refractivity contribution in [1.29, 1.82) is 0 Å². The SMILES string of the molecule is COc1ccc(C)cc1N1CC(C(=O)NCc2ccc(N3CCOCC3)nc2)CC1=O. The average Bonchev–Trinajstić information content (AvgIpc) is 3.20. The lowest BCUT2D eigenvalue weighted by molar-refractivity contribution is -0.126. The van der Waals surface area contributed by atoms with Crippen molar-refractivity contribution in [3.8, 4) is 5.75 Å². The van der Waals surface area contributed by atoms with Gasteiger partial charge < -0.3 is 24.6 Å². The number of morpholine rings is 1. The minimum absolute atomic E-state index is 0.0689. The van der Waals surface area contributed by atoms with Crippen molar-refractivity contribution in [2.75, 3.05) is 49.8 Å². The molecule has 3 heterocycles. The average molecular weight is 425 g/mol. The lowest BCUT2D eigenvalue weighted by atomic mass is 10.1. The minimum Gasteiger partial charge on any atom is -0.495 e. The van der Waals surface area contributed by atoms with Gasteiger partial charge in [-0.2, -0.15) is 0 Å². The zero-order valence-electron chi connectivity index (χ0n) is 18.0. The van der Waals surface area contributed by atoms with Gasteiger partial charge in [0.25, 0.3) is 0 Å². The van der Waals surface area contributed by atoms with Gasteiger partial charge in [0.05, 0.1) is 31.9 Å². The van der Waals surface area contributed by atoms with Crippen molar-refractivity contribution in [2.24, 2.45) is 5.92 Å². The number of hydrogen-bond acceptors (Lipinski definition) is 6. The molecule has 0 spiro atoms. The van der Waals surface area contributed by atoms with Crippen LogP contribution in [0.4, 0.5) is 11.5 Å². The molecule has 0 aliphatic carbocycles. The van der Waals surface area contributed by atoms with E-state index < -0.39 is 5.92 Å². The Hall–Kier alpha value is -3.13. The van der Waals surface area contributed by atoms with Crippen LogP contribution in [0.1, 0.15) is 17.5 Å². The third-order valence-electron chi connectivity index (χ3n) is 5.73. The second kappa shape index (κ2) is 9.34. The summed E-state index contributed by atoms with van der Waals surface area (Å²) in [5.41, 5.74) is 2.67. The van der Waals surface area contributed by atoms with E-state index in [4.69, 9.17) is 9.47 Å². The Kier molecular flexibility index (Phi) is 6.36. The van der Waals surface area contributed by atoms with Crippen LogP contribution >= 0.6 is 0 Å². The summed E-state index contributed by atoms with van der Waals surface area (Å²) >= 11 is 0. The molecule has 0 bridgehead atoms. The fraction of sp³-hybridized carbons (Fsp3) is 0.435. The predicted octanol–water partition coefficient (Wildman–Crippen LogP) is 1.90. The second-order valence-electron chi connectivity index (χ2n) is 7.92. The maximum atomic E-state index is 12.7. The number of aromatic nitrogens is 1. The van der Waals surface area contributed by atoms with E-state index in [0.717, 1.165) is 30.0 Å². The Bertz CT molecular complexity index is 941. The summed E-state index contributed by atoms with van der Waals surface area (Å²) in [6, 6.07) is 9.64. The molecule has 1 aromatic carbocycles. The quantitative estimate of drug-likeness (QED) is 0.763. The number of nitrogens with one attached hydrogen (secondary N) is 1. The van der Waals surface area contributed by atoms with Gasteiger partial charge in [0.15, 0.2) is 0 Å². The number of hydrogen-bond donors (Lipinski definition) is 1. The molecule has 4 rings (SSSR count). The number of carbonyl (C=O) groups is 2. The fourth-order valence-electron chi connectivity index (χ4n) is 3.96. The minimum atomic E-state index is -0.390. The van der Waals surface area contributed by atoms with Crippen molar-refractivity contribution in [3.63, 3.8) is 0 Å². The van der Waals surface area contributed by atoms with Crippen LogP contribution in [0.3, 0.4) is 0 Å². The number of nitrogens with zero attached hydrogens (tertiary/aromatic N) is 3. The molecule has 31 heavy (non-hydrogen) atoms. The molecule has 164 valence electrons. The van der Waals surface area contributed by atoms with E-state index in [1.807, 2.05) is 37.3 Å². The fourth-order valence-corrected chi connectivity index (χ4v) is 3.96. The lowest BCUT2D eigenvalue weighted by Gasteiger charge is -2.27. The molecule has 2 amide bonds. The van der Waals surface area contributed by atoms with Crippen LogP contribution in [0.15, 0.2) is 36.5 Å². The summed E-state index contributed by atoms with van der Waals surface area (Å²) < 4.78 is 10.8. The van der Waals surface area contributed by atoms with Crippen molar-refractivity contribution in [1.82, 2.24) is 10.3 Å². The number of amides is 2. The van der Waals surface area contributed by atoms with Crippen LogP contribution in [-0.4, -0.2) is 56.8 Å². The summed E-state index contributed by atoms with van der Waals surface area (Å²) in [4.78, 5) is 33.7. The van der Waals surface area contributed by atoms with Gasteiger partial charge in [-0.15, -0.1) is 0 Å². The highest BCUT2D eigenvalue weighted by Crippen LogP contribution is 2.34. The van der Waals surface area contributed by atoms with Gasteiger partial charge in [0, 0.05) is 38.8 Å². The summed E-state index contributed by atoms with van der Waals surface area (Å²) in [6.45, 7) is 5.79. The predicted molar refractivity (Wildman–Crippen MR) is 117 cm³/mol. The number of anilines is 2. The number of carbonyl (C=O) groups excluding carboxylic acids is 2. The molecule has 0 saturated carbocycles. The first-order chi connectivity index (χ1) is 15.0. The third-order valence-corrected chi connectivity index (χ3v) is 5.73. The number of benzene rings is 1. The highest BCUT2D eigenvalue weighted by atomic mass is 16.5. The van der Waals surface area contributed by atoms with E-state index in [2.05, 4.69) is 15.2 Å². The largest absolute Gasteiger partial charge is 0.495 e. The van der Waals surface area contributed by atoms with E-state index >= 15 is 0 Å². The molecule has 8 heteroatoms. The Balaban J connectivity index is 1.34. The molecule has 1 unspecified atom stereocenters. The second-order valence-corrected chi connectivity index (χ2v) is 7.92. The van der Waals surface area contributed by atoms with E-state index in [-0.39, 0.29) is 18.2 Å². The molecular formula is C23H28N4O4. The van der Waals surface area contributed by atoms with Crippen molar-refractivity contribution < 1.29 is 19.1 Å². The molecular weight excluding hydrogens is 396 g/mol. The normalized spacial score (nSPS) is 18.9. The molecule has 2 aromatic rings. The molecule has 2 fully saturated rings. The standard InChI is InChI=1S/C23H28N4O4/c1-16-3-5-20(30-2)19(11-16)27-15-18(12-22(27)28)23(29)25-14-17-4-6-21(24-13-17)26-7-9-31-10-8-26/h3-6,11,13,18H,7-10,12,14-15H2,1-2H3,(H,25,29). The van der Waals surface area contributed by atoms with Crippen LogP contribution in [-0.2, 0) is 20.9 Å². The van der Waals surface area contributed by atoms with Gasteiger partial charge in [-0.05, 0) is 36.2 Å². The summed E-state index contributed by atoms with van der Waals surface area (Å²) in [6.07, 6.45) is 1.98. The van der Waals surface area contributed by atoms with Crippen LogP contribution in [0.2, 0.25) is 0 Å². The van der Waals surface area contributed by atoms with Crippen LogP contribution in [0, 0.1) is 12.8 Å². The number of ether oxygens (including phenoxy) is 2. The van der Waals surface area contributed by atoms with E-state index in [1.54, 1.807) is 18.2 Å². The number of pyridine rings is 1.